The number of anilines is 1. The summed E-state index contributed by atoms with van der Waals surface area (Å²) in [5, 5.41) is 9.56. The molecule has 8 nitrogen and oxygen atoms in total. The minimum Gasteiger partial charge on any atom is -0.376 e. The van der Waals surface area contributed by atoms with Gasteiger partial charge in [0.25, 0.3) is 0 Å². The second-order valence-corrected chi connectivity index (χ2v) is 5.77. The zero-order valence-electron chi connectivity index (χ0n) is 13.1. The number of hydrogen-bond donors (Lipinski definition) is 2. The van der Waals surface area contributed by atoms with Gasteiger partial charge in [0.2, 0.25) is 0 Å². The number of nitrogens with one attached hydrogen (secondary N) is 2. The Kier molecular flexibility index (Phi) is 4.14. The van der Waals surface area contributed by atoms with E-state index in [2.05, 4.69) is 20.8 Å². The quantitative estimate of drug-likeness (QED) is 0.886. The van der Waals surface area contributed by atoms with Crippen LogP contribution in [0.4, 0.5) is 10.5 Å². The molecule has 24 heavy (non-hydrogen) atoms. The molecule has 4 rings (SSSR count). The van der Waals surface area contributed by atoms with Crippen molar-refractivity contribution in [2.24, 2.45) is 0 Å². The Bertz CT molecular complexity index is 759. The average Bonchev–Trinajstić information content (AvgIpc) is 3.03. The highest BCUT2D eigenvalue weighted by molar-refractivity contribution is 5.89. The van der Waals surface area contributed by atoms with Gasteiger partial charge in [-0.25, -0.2) is 4.79 Å². The third-order valence-corrected chi connectivity index (χ3v) is 4.15. The lowest BCUT2D eigenvalue weighted by Crippen LogP contribution is -2.29. The maximum Gasteiger partial charge on any atom is 0.319 e. The molecular formula is C16H18N4O4. The molecule has 2 aromatic heterocycles. The molecule has 2 N–H and O–H groups in total. The van der Waals surface area contributed by atoms with Crippen molar-refractivity contribution in [2.45, 2.75) is 32.6 Å². The van der Waals surface area contributed by atoms with E-state index in [0.29, 0.717) is 37.8 Å². The van der Waals surface area contributed by atoms with Gasteiger partial charge in [0.15, 0.2) is 0 Å². The smallest absolute Gasteiger partial charge is 0.319 e. The van der Waals surface area contributed by atoms with E-state index in [9.17, 15) is 4.79 Å². The number of carbonyl (C=O) groups is 1. The van der Waals surface area contributed by atoms with Crippen LogP contribution in [-0.2, 0) is 42.1 Å². The van der Waals surface area contributed by atoms with Gasteiger partial charge in [-0.3, -0.25) is 4.98 Å². The lowest BCUT2D eigenvalue weighted by atomic mass is 10.1. The van der Waals surface area contributed by atoms with E-state index in [1.165, 1.54) is 0 Å². The van der Waals surface area contributed by atoms with Crippen LogP contribution in [-0.4, -0.2) is 29.4 Å². The molecule has 126 valence electrons. The summed E-state index contributed by atoms with van der Waals surface area (Å²) < 4.78 is 16.1. The summed E-state index contributed by atoms with van der Waals surface area (Å²) in [7, 11) is 0. The number of rotatable bonds is 3. The van der Waals surface area contributed by atoms with Crippen molar-refractivity contribution in [3.8, 4) is 0 Å². The molecule has 2 amide bonds. The standard InChI is InChI=1S/C16H18N4O4/c21-16(18-7-14-12-9-23-4-2-15(12)24-20-14)19-11-5-10-8-22-3-1-13(10)17-6-11/h5-6H,1-4,7-9H2,(H2,18,19,21). The predicted molar refractivity (Wildman–Crippen MR) is 83.3 cm³/mol. The molecule has 0 atom stereocenters. The van der Waals surface area contributed by atoms with Gasteiger partial charge in [0, 0.05) is 29.7 Å². The van der Waals surface area contributed by atoms with Gasteiger partial charge in [-0.15, -0.1) is 0 Å². The fourth-order valence-electron chi connectivity index (χ4n) is 2.87. The van der Waals surface area contributed by atoms with Crippen molar-refractivity contribution in [3.63, 3.8) is 0 Å². The Labute approximate surface area is 138 Å². The zero-order valence-corrected chi connectivity index (χ0v) is 13.1. The number of aromatic nitrogens is 2. The Morgan fingerprint density at radius 1 is 1.21 bits per heavy atom. The van der Waals surface area contributed by atoms with Crippen molar-refractivity contribution in [2.75, 3.05) is 18.5 Å². The van der Waals surface area contributed by atoms with Crippen LogP contribution in [0.25, 0.3) is 0 Å². The van der Waals surface area contributed by atoms with Gasteiger partial charge in [-0.05, 0) is 6.07 Å². The van der Waals surface area contributed by atoms with Crippen molar-refractivity contribution in [3.05, 3.63) is 40.5 Å². The number of carbonyl (C=O) groups excluding carboxylic acids is 1. The second kappa shape index (κ2) is 6.58. The minimum absolute atomic E-state index is 0.287. The molecule has 0 spiro atoms. The van der Waals surface area contributed by atoms with Crippen LogP contribution in [0.5, 0.6) is 0 Å². The molecule has 0 saturated carbocycles. The fourth-order valence-corrected chi connectivity index (χ4v) is 2.87. The molecule has 0 bridgehead atoms. The van der Waals surface area contributed by atoms with E-state index < -0.39 is 0 Å². The van der Waals surface area contributed by atoms with E-state index in [1.54, 1.807) is 6.20 Å². The van der Waals surface area contributed by atoms with Gasteiger partial charge < -0.3 is 24.6 Å². The summed E-state index contributed by atoms with van der Waals surface area (Å²) in [4.78, 5) is 16.4. The van der Waals surface area contributed by atoms with Crippen LogP contribution in [0.3, 0.4) is 0 Å². The number of pyridine rings is 1. The first-order valence-corrected chi connectivity index (χ1v) is 7.94. The summed E-state index contributed by atoms with van der Waals surface area (Å²) >= 11 is 0. The van der Waals surface area contributed by atoms with Crippen molar-refractivity contribution in [1.29, 1.82) is 0 Å². The van der Waals surface area contributed by atoms with Crippen LogP contribution < -0.4 is 10.6 Å². The highest BCUT2D eigenvalue weighted by Crippen LogP contribution is 2.21. The maximum atomic E-state index is 12.1. The van der Waals surface area contributed by atoms with Gasteiger partial charge in [0.1, 0.15) is 11.5 Å². The monoisotopic (exact) mass is 330 g/mol. The predicted octanol–water partition coefficient (Wildman–Crippen LogP) is 1.54. The second-order valence-electron chi connectivity index (χ2n) is 5.77. The molecule has 8 heteroatoms. The van der Waals surface area contributed by atoms with Crippen LogP contribution in [0.2, 0.25) is 0 Å². The molecular weight excluding hydrogens is 312 g/mol. The lowest BCUT2D eigenvalue weighted by Gasteiger charge is -2.16. The van der Waals surface area contributed by atoms with Gasteiger partial charge in [-0.1, -0.05) is 5.16 Å². The molecule has 2 aromatic rings. The van der Waals surface area contributed by atoms with Crippen molar-refractivity contribution < 1.29 is 18.8 Å². The van der Waals surface area contributed by atoms with Crippen LogP contribution in [0, 0.1) is 0 Å². The Morgan fingerprint density at radius 2 is 2.08 bits per heavy atom. The molecule has 0 saturated heterocycles. The topological polar surface area (TPSA) is 98.5 Å². The summed E-state index contributed by atoms with van der Waals surface area (Å²) in [6.45, 7) is 2.63. The van der Waals surface area contributed by atoms with Crippen molar-refractivity contribution >= 4 is 11.7 Å². The maximum absolute atomic E-state index is 12.1. The van der Waals surface area contributed by atoms with E-state index in [0.717, 1.165) is 35.4 Å². The molecule has 4 heterocycles. The van der Waals surface area contributed by atoms with E-state index in [4.69, 9.17) is 14.0 Å². The molecule has 2 aliphatic heterocycles. The summed E-state index contributed by atoms with van der Waals surface area (Å²) in [6.07, 6.45) is 3.19. The minimum atomic E-state index is -0.318. The van der Waals surface area contributed by atoms with E-state index in [1.807, 2.05) is 6.07 Å². The zero-order chi connectivity index (χ0) is 16.4. The van der Waals surface area contributed by atoms with Crippen LogP contribution in [0.15, 0.2) is 16.8 Å². The first kappa shape index (κ1) is 15.1. The highest BCUT2D eigenvalue weighted by Gasteiger charge is 2.20. The summed E-state index contributed by atoms with van der Waals surface area (Å²) in [5.74, 6) is 0.845. The van der Waals surface area contributed by atoms with Crippen LogP contribution >= 0.6 is 0 Å². The Balaban J connectivity index is 1.36. The first-order valence-electron chi connectivity index (χ1n) is 7.94. The number of amides is 2. The number of urea groups is 1. The van der Waals surface area contributed by atoms with E-state index in [-0.39, 0.29) is 12.6 Å². The average molecular weight is 330 g/mol. The van der Waals surface area contributed by atoms with Crippen molar-refractivity contribution in [1.82, 2.24) is 15.5 Å². The number of ether oxygens (including phenoxy) is 2. The molecule has 0 fully saturated rings. The van der Waals surface area contributed by atoms with Gasteiger partial charge >= 0.3 is 6.03 Å². The molecule has 0 aromatic carbocycles. The first-order chi connectivity index (χ1) is 11.8. The fraction of sp³-hybridized carbons (Fsp3) is 0.438. The lowest BCUT2D eigenvalue weighted by molar-refractivity contribution is 0.102. The molecule has 0 unspecified atom stereocenters. The van der Waals surface area contributed by atoms with Crippen LogP contribution in [0.1, 0.15) is 28.3 Å². The Morgan fingerprint density at radius 3 is 3.04 bits per heavy atom. The molecule has 2 aliphatic rings. The number of fused-ring (bicyclic) bond motifs is 2. The third kappa shape index (κ3) is 3.10. The van der Waals surface area contributed by atoms with Gasteiger partial charge in [0.05, 0.1) is 44.9 Å². The number of nitrogens with zero attached hydrogens (tertiary/aromatic N) is 2. The normalized spacial score (nSPS) is 16.2. The molecule has 0 radical (unpaired) electrons. The summed E-state index contributed by atoms with van der Waals surface area (Å²) in [5.41, 5.74) is 4.33. The third-order valence-electron chi connectivity index (χ3n) is 4.15. The molecule has 0 aliphatic carbocycles. The highest BCUT2D eigenvalue weighted by atomic mass is 16.5. The van der Waals surface area contributed by atoms with E-state index >= 15 is 0 Å². The summed E-state index contributed by atoms with van der Waals surface area (Å²) in [6, 6.07) is 1.58. The Hall–Kier alpha value is -2.45. The van der Waals surface area contributed by atoms with Gasteiger partial charge in [-0.2, -0.15) is 0 Å². The SMILES string of the molecule is O=C(NCc1noc2c1COCC2)Nc1cnc2c(c1)COCC2. The number of hydrogen-bond acceptors (Lipinski definition) is 6. The largest absolute Gasteiger partial charge is 0.376 e.